The maximum atomic E-state index is 5.96. The van der Waals surface area contributed by atoms with Gasteiger partial charge in [-0.1, -0.05) is 30.3 Å². The molecule has 2 heterocycles. The molecule has 1 aliphatic rings. The maximum Gasteiger partial charge on any atom is 0.215 e. The Morgan fingerprint density at radius 1 is 0.705 bits per heavy atom. The molecule has 0 saturated carbocycles. The van der Waals surface area contributed by atoms with Crippen LogP contribution in [0.3, 0.4) is 0 Å². The molecule has 0 spiro atoms. The molecule has 9 nitrogen and oxygen atoms in total. The summed E-state index contributed by atoms with van der Waals surface area (Å²) >= 11 is 0. The monoisotopic (exact) mass is 599 g/mol. The van der Waals surface area contributed by atoms with Crippen LogP contribution in [-0.4, -0.2) is 71.9 Å². The number of morpholine rings is 1. The van der Waals surface area contributed by atoms with E-state index in [1.165, 1.54) is 11.3 Å². The highest BCUT2D eigenvalue weighted by atomic mass is 16.5. The van der Waals surface area contributed by atoms with Gasteiger partial charge in [0.2, 0.25) is 5.88 Å². The summed E-state index contributed by atoms with van der Waals surface area (Å²) < 4.78 is 33.6. The minimum Gasteiger partial charge on any atom is -0.497 e. The first-order chi connectivity index (χ1) is 21.7. The highest BCUT2D eigenvalue weighted by molar-refractivity contribution is 5.52. The number of aromatic nitrogens is 1. The van der Waals surface area contributed by atoms with Crippen LogP contribution in [0.2, 0.25) is 0 Å². The standard InChI is InChI=1S/C35H41N3O6/c1-39-32-6-3-5-29(23-32)27-38(26-28-9-11-30(12-10-28)37-15-17-41-18-16-37)31-13-14-36-35(24-31)44-22-20-42-19-21-43-34-8-4-7-33(25-34)40-2/h3-14,23-25H,15-22,26-27H2,1-2H3. The van der Waals surface area contributed by atoms with Crippen molar-refractivity contribution in [3.8, 4) is 23.1 Å². The van der Waals surface area contributed by atoms with E-state index in [0.29, 0.717) is 38.9 Å². The summed E-state index contributed by atoms with van der Waals surface area (Å²) in [5, 5.41) is 0. The van der Waals surface area contributed by atoms with E-state index in [1.807, 2.05) is 48.5 Å². The number of hydrogen-bond donors (Lipinski definition) is 0. The fourth-order valence-electron chi connectivity index (χ4n) is 4.98. The normalized spacial score (nSPS) is 12.9. The van der Waals surface area contributed by atoms with Crippen molar-refractivity contribution in [3.63, 3.8) is 0 Å². The molecule has 0 radical (unpaired) electrons. The number of rotatable bonds is 16. The van der Waals surface area contributed by atoms with E-state index >= 15 is 0 Å². The van der Waals surface area contributed by atoms with Gasteiger partial charge in [0.1, 0.15) is 30.5 Å². The maximum absolute atomic E-state index is 5.96. The molecule has 0 amide bonds. The zero-order valence-corrected chi connectivity index (χ0v) is 25.5. The highest BCUT2D eigenvalue weighted by Crippen LogP contribution is 2.26. The summed E-state index contributed by atoms with van der Waals surface area (Å²) in [7, 11) is 3.33. The van der Waals surface area contributed by atoms with Crippen molar-refractivity contribution in [1.82, 2.24) is 4.98 Å². The molecule has 232 valence electrons. The molecular weight excluding hydrogens is 558 g/mol. The van der Waals surface area contributed by atoms with Crippen LogP contribution in [0.4, 0.5) is 11.4 Å². The van der Waals surface area contributed by atoms with Crippen molar-refractivity contribution in [3.05, 3.63) is 102 Å². The topological polar surface area (TPSA) is 74.8 Å². The number of methoxy groups -OCH3 is 2. The molecule has 4 aromatic rings. The first kappa shape index (κ1) is 31.0. The molecule has 0 N–H and O–H groups in total. The third-order valence-corrected chi connectivity index (χ3v) is 7.29. The fraction of sp³-hybridized carbons (Fsp3) is 0.343. The van der Waals surface area contributed by atoms with Gasteiger partial charge in [-0.2, -0.15) is 0 Å². The molecule has 1 saturated heterocycles. The van der Waals surface area contributed by atoms with Gasteiger partial charge in [0, 0.05) is 55.9 Å². The van der Waals surface area contributed by atoms with Gasteiger partial charge in [-0.15, -0.1) is 0 Å². The molecule has 1 fully saturated rings. The van der Waals surface area contributed by atoms with Crippen LogP contribution in [0, 0.1) is 0 Å². The van der Waals surface area contributed by atoms with Crippen LogP contribution in [0.15, 0.2) is 91.1 Å². The summed E-state index contributed by atoms with van der Waals surface area (Å²) in [5.41, 5.74) is 4.61. The Hall–Kier alpha value is -4.47. The second kappa shape index (κ2) is 16.4. The number of pyridine rings is 1. The number of benzene rings is 3. The molecule has 1 aromatic heterocycles. The summed E-state index contributed by atoms with van der Waals surface area (Å²) in [6.45, 7) is 6.50. The lowest BCUT2D eigenvalue weighted by Gasteiger charge is -2.29. The van der Waals surface area contributed by atoms with Crippen molar-refractivity contribution in [1.29, 1.82) is 0 Å². The lowest BCUT2D eigenvalue weighted by atomic mass is 10.1. The van der Waals surface area contributed by atoms with Crippen LogP contribution >= 0.6 is 0 Å². The molecule has 0 atom stereocenters. The molecule has 0 unspecified atom stereocenters. The van der Waals surface area contributed by atoms with E-state index in [-0.39, 0.29) is 0 Å². The molecular formula is C35H41N3O6. The van der Waals surface area contributed by atoms with Crippen molar-refractivity contribution >= 4 is 11.4 Å². The van der Waals surface area contributed by atoms with Crippen LogP contribution in [-0.2, 0) is 22.6 Å². The average molecular weight is 600 g/mol. The smallest absolute Gasteiger partial charge is 0.215 e. The van der Waals surface area contributed by atoms with Crippen molar-refractivity contribution in [2.45, 2.75) is 13.1 Å². The minimum atomic E-state index is 0.383. The lowest BCUT2D eigenvalue weighted by Crippen LogP contribution is -2.36. The van der Waals surface area contributed by atoms with Crippen LogP contribution in [0.1, 0.15) is 11.1 Å². The van der Waals surface area contributed by atoms with Crippen LogP contribution in [0.5, 0.6) is 23.1 Å². The zero-order chi connectivity index (χ0) is 30.4. The number of anilines is 2. The molecule has 0 bridgehead atoms. The van der Waals surface area contributed by atoms with Crippen molar-refractivity contribution in [2.24, 2.45) is 0 Å². The van der Waals surface area contributed by atoms with E-state index in [9.17, 15) is 0 Å². The molecule has 0 aliphatic carbocycles. The molecule has 1 aliphatic heterocycles. The van der Waals surface area contributed by atoms with Crippen LogP contribution < -0.4 is 28.7 Å². The predicted molar refractivity (Wildman–Crippen MR) is 171 cm³/mol. The van der Waals surface area contributed by atoms with Crippen LogP contribution in [0.25, 0.3) is 0 Å². The summed E-state index contributed by atoms with van der Waals surface area (Å²) in [6, 6.07) is 28.5. The van der Waals surface area contributed by atoms with Gasteiger partial charge >= 0.3 is 0 Å². The Bertz CT molecular complexity index is 1430. The largest absolute Gasteiger partial charge is 0.497 e. The summed E-state index contributed by atoms with van der Waals surface area (Å²) in [6.07, 6.45) is 1.79. The second-order valence-electron chi connectivity index (χ2n) is 10.3. The van der Waals surface area contributed by atoms with Gasteiger partial charge in [-0.25, -0.2) is 4.98 Å². The van der Waals surface area contributed by atoms with Gasteiger partial charge in [0.25, 0.3) is 0 Å². The average Bonchev–Trinajstić information content (AvgIpc) is 3.08. The first-order valence-electron chi connectivity index (χ1n) is 14.9. The predicted octanol–water partition coefficient (Wildman–Crippen LogP) is 5.62. The van der Waals surface area contributed by atoms with E-state index < -0.39 is 0 Å². The Morgan fingerprint density at radius 3 is 2.16 bits per heavy atom. The van der Waals surface area contributed by atoms with Crippen molar-refractivity contribution < 1.29 is 28.4 Å². The third kappa shape index (κ3) is 9.26. The Morgan fingerprint density at radius 2 is 1.39 bits per heavy atom. The quantitative estimate of drug-likeness (QED) is 0.153. The SMILES string of the molecule is COc1cccc(CN(Cc2ccc(N3CCOCC3)cc2)c2ccnc(OCCOCCOc3cccc(OC)c3)c2)c1. The molecule has 44 heavy (non-hydrogen) atoms. The zero-order valence-electron chi connectivity index (χ0n) is 25.5. The Kier molecular flexibility index (Phi) is 11.5. The second-order valence-corrected chi connectivity index (χ2v) is 10.3. The number of ether oxygens (including phenoxy) is 6. The third-order valence-electron chi connectivity index (χ3n) is 7.29. The summed E-state index contributed by atoms with van der Waals surface area (Å²) in [5.74, 6) is 2.90. The first-order valence-corrected chi connectivity index (χ1v) is 14.9. The highest BCUT2D eigenvalue weighted by Gasteiger charge is 2.14. The van der Waals surface area contributed by atoms with Gasteiger partial charge in [-0.3, -0.25) is 0 Å². The number of hydrogen-bond acceptors (Lipinski definition) is 9. The minimum absolute atomic E-state index is 0.383. The van der Waals surface area contributed by atoms with Gasteiger partial charge in [0.15, 0.2) is 0 Å². The van der Waals surface area contributed by atoms with Gasteiger partial charge in [0.05, 0.1) is 40.6 Å². The van der Waals surface area contributed by atoms with Gasteiger partial charge < -0.3 is 38.2 Å². The fourth-order valence-corrected chi connectivity index (χ4v) is 4.98. The molecule has 3 aromatic carbocycles. The van der Waals surface area contributed by atoms with E-state index in [2.05, 4.69) is 51.2 Å². The van der Waals surface area contributed by atoms with E-state index in [1.54, 1.807) is 20.4 Å². The van der Waals surface area contributed by atoms with Gasteiger partial charge in [-0.05, 0) is 53.6 Å². The van der Waals surface area contributed by atoms with E-state index in [0.717, 1.165) is 61.3 Å². The van der Waals surface area contributed by atoms with E-state index in [4.69, 9.17) is 28.4 Å². The number of nitrogens with zero attached hydrogens (tertiary/aromatic N) is 3. The molecule has 5 rings (SSSR count). The molecule has 9 heteroatoms. The van der Waals surface area contributed by atoms with Crippen molar-refractivity contribution in [2.75, 3.05) is 76.8 Å². The lowest BCUT2D eigenvalue weighted by molar-refractivity contribution is 0.0753. The summed E-state index contributed by atoms with van der Waals surface area (Å²) in [4.78, 5) is 9.13. The Balaban J connectivity index is 1.17. The Labute approximate surface area is 259 Å².